The van der Waals surface area contributed by atoms with Gasteiger partial charge in [0.15, 0.2) is 0 Å². The van der Waals surface area contributed by atoms with Crippen LogP contribution in [0.1, 0.15) is 25.6 Å². The first-order chi connectivity index (χ1) is 15.4. The number of rotatable bonds is 5. The molecular weight excluding hydrogens is 428 g/mol. The van der Waals surface area contributed by atoms with Crippen LogP contribution >= 0.6 is 11.8 Å². The van der Waals surface area contributed by atoms with Crippen LogP contribution in [0.3, 0.4) is 0 Å². The van der Waals surface area contributed by atoms with Gasteiger partial charge in [-0.2, -0.15) is 0 Å². The molecule has 0 saturated carbocycles. The van der Waals surface area contributed by atoms with Crippen molar-refractivity contribution in [3.05, 3.63) is 77.1 Å². The second-order valence-electron chi connectivity index (χ2n) is 7.10. The van der Waals surface area contributed by atoms with Crippen LogP contribution in [0.25, 0.3) is 11.3 Å². The second kappa shape index (κ2) is 8.80. The van der Waals surface area contributed by atoms with Crippen molar-refractivity contribution in [2.24, 2.45) is 0 Å². The van der Waals surface area contributed by atoms with E-state index in [4.69, 9.17) is 4.74 Å². The Morgan fingerprint density at radius 3 is 2.75 bits per heavy atom. The van der Waals surface area contributed by atoms with Gasteiger partial charge in [-0.3, -0.25) is 19.4 Å². The van der Waals surface area contributed by atoms with Crippen LogP contribution in [0.15, 0.2) is 71.1 Å². The summed E-state index contributed by atoms with van der Waals surface area (Å²) in [6.45, 7) is 6.49. The van der Waals surface area contributed by atoms with Gasteiger partial charge in [-0.15, -0.1) is 6.58 Å². The highest BCUT2D eigenvalue weighted by Gasteiger charge is 2.44. The summed E-state index contributed by atoms with van der Waals surface area (Å²) in [6.07, 6.45) is 0.963. The van der Waals surface area contributed by atoms with Crippen LogP contribution in [0.4, 0.5) is 5.69 Å². The molecule has 0 aliphatic carbocycles. The summed E-state index contributed by atoms with van der Waals surface area (Å²) >= 11 is 1.33. The molecule has 1 aliphatic heterocycles. The third-order valence-electron chi connectivity index (χ3n) is 4.85. The fraction of sp³-hybridized carbons (Fsp3) is 0.174. The van der Waals surface area contributed by atoms with Gasteiger partial charge in [0, 0.05) is 30.3 Å². The average Bonchev–Trinajstić information content (AvgIpc) is 2.76. The molecule has 0 saturated heterocycles. The number of hydrogen-bond acceptors (Lipinski definition) is 6. The van der Waals surface area contributed by atoms with Crippen molar-refractivity contribution >= 4 is 29.3 Å². The number of amides is 1. The second-order valence-corrected chi connectivity index (χ2v) is 8.11. The number of H-pyrrole nitrogens is 1. The normalized spacial score (nSPS) is 14.3. The SMILES string of the molecule is C=CCSc1n[n+]2c(c(=O)[nH]1)-c1ccccc1N(C(C)=O)[C@H]2c1cccc(OC(C)=O)c1. The summed E-state index contributed by atoms with van der Waals surface area (Å²) in [7, 11) is 0. The lowest BCUT2D eigenvalue weighted by molar-refractivity contribution is -0.763. The number of esters is 1. The van der Waals surface area contributed by atoms with Gasteiger partial charge in [-0.05, 0) is 35.0 Å². The smallest absolute Gasteiger partial charge is 0.325 e. The molecule has 8 nitrogen and oxygen atoms in total. The van der Waals surface area contributed by atoms with Crippen LogP contribution < -0.4 is 19.9 Å². The van der Waals surface area contributed by atoms with Gasteiger partial charge in [0.25, 0.3) is 6.17 Å². The van der Waals surface area contributed by atoms with Gasteiger partial charge < -0.3 is 4.74 Å². The molecule has 0 unspecified atom stereocenters. The fourth-order valence-electron chi connectivity index (χ4n) is 3.72. The van der Waals surface area contributed by atoms with Crippen molar-refractivity contribution in [1.29, 1.82) is 0 Å². The molecule has 0 fully saturated rings. The summed E-state index contributed by atoms with van der Waals surface area (Å²) in [5, 5.41) is 5.07. The monoisotopic (exact) mass is 449 g/mol. The number of carbonyl (C=O) groups excluding carboxylic acids is 2. The Labute approximate surface area is 188 Å². The zero-order valence-electron chi connectivity index (χ0n) is 17.6. The molecule has 0 bridgehead atoms. The minimum Gasteiger partial charge on any atom is -0.427 e. The Morgan fingerprint density at radius 2 is 2.03 bits per heavy atom. The highest BCUT2D eigenvalue weighted by Crippen LogP contribution is 2.37. The number of carbonyl (C=O) groups is 2. The predicted molar refractivity (Wildman–Crippen MR) is 120 cm³/mol. The topological polar surface area (TPSA) is 96.2 Å². The maximum atomic E-state index is 13.1. The number of anilines is 1. The van der Waals surface area contributed by atoms with Crippen LogP contribution in [0.2, 0.25) is 0 Å². The molecule has 9 heteroatoms. The van der Waals surface area contributed by atoms with Crippen LogP contribution in [0.5, 0.6) is 5.75 Å². The van der Waals surface area contributed by atoms with E-state index in [0.717, 1.165) is 0 Å². The first-order valence-corrected chi connectivity index (χ1v) is 10.9. The molecule has 1 aliphatic rings. The van der Waals surface area contributed by atoms with Crippen molar-refractivity contribution in [1.82, 2.24) is 10.1 Å². The lowest BCUT2D eigenvalue weighted by Crippen LogP contribution is -2.60. The number of para-hydroxylation sites is 1. The summed E-state index contributed by atoms with van der Waals surface area (Å²) in [5.74, 6) is 0.221. The average molecular weight is 450 g/mol. The molecule has 1 N–H and O–H groups in total. The van der Waals surface area contributed by atoms with Crippen molar-refractivity contribution in [2.45, 2.75) is 25.2 Å². The number of benzene rings is 2. The minimum absolute atomic E-state index is 0.221. The summed E-state index contributed by atoms with van der Waals surface area (Å²) in [5.41, 5.74) is 1.86. The molecule has 1 atom stereocenters. The first kappa shape index (κ1) is 21.5. The van der Waals surface area contributed by atoms with Gasteiger partial charge in [0.1, 0.15) is 5.75 Å². The summed E-state index contributed by atoms with van der Waals surface area (Å²) in [4.78, 5) is 41.9. The number of fused-ring (bicyclic) bond motifs is 3. The maximum absolute atomic E-state index is 13.1. The molecule has 1 amide bonds. The predicted octanol–water partition coefficient (Wildman–Crippen LogP) is 2.84. The first-order valence-electron chi connectivity index (χ1n) is 9.88. The van der Waals surface area contributed by atoms with E-state index in [1.165, 1.54) is 25.6 Å². The summed E-state index contributed by atoms with van der Waals surface area (Å²) in [6, 6.07) is 14.1. The maximum Gasteiger partial charge on any atom is 0.325 e. The zero-order chi connectivity index (χ0) is 22.8. The molecule has 32 heavy (non-hydrogen) atoms. The van der Waals surface area contributed by atoms with Crippen molar-refractivity contribution in [3.8, 4) is 17.0 Å². The number of aromatic amines is 1. The Kier molecular flexibility index (Phi) is 5.91. The van der Waals surface area contributed by atoms with E-state index < -0.39 is 12.1 Å². The van der Waals surface area contributed by atoms with Gasteiger partial charge in [0.2, 0.25) is 11.1 Å². The Hall–Kier alpha value is -3.72. The summed E-state index contributed by atoms with van der Waals surface area (Å²) < 4.78 is 6.80. The fourth-order valence-corrected chi connectivity index (χ4v) is 4.31. The number of aromatic nitrogens is 3. The molecule has 4 rings (SSSR count). The third-order valence-corrected chi connectivity index (χ3v) is 5.71. The van der Waals surface area contributed by atoms with Crippen molar-refractivity contribution in [3.63, 3.8) is 0 Å². The quantitative estimate of drug-likeness (QED) is 0.212. The number of nitrogens with zero attached hydrogens (tertiary/aromatic N) is 3. The van der Waals surface area contributed by atoms with Crippen LogP contribution in [-0.4, -0.2) is 27.7 Å². The van der Waals surface area contributed by atoms with E-state index in [9.17, 15) is 14.4 Å². The van der Waals surface area contributed by atoms with Gasteiger partial charge >= 0.3 is 17.2 Å². The molecule has 2 heterocycles. The molecule has 3 aromatic rings. The molecule has 2 aromatic carbocycles. The van der Waals surface area contributed by atoms with Crippen LogP contribution in [0, 0.1) is 0 Å². The number of ether oxygens (including phenoxy) is 1. The lowest BCUT2D eigenvalue weighted by Gasteiger charge is -2.31. The molecular formula is C23H21N4O4S+. The van der Waals surface area contributed by atoms with E-state index in [-0.39, 0.29) is 11.5 Å². The minimum atomic E-state index is -0.752. The van der Waals surface area contributed by atoms with Gasteiger partial charge in [-0.1, -0.05) is 36.0 Å². The van der Waals surface area contributed by atoms with E-state index >= 15 is 0 Å². The Morgan fingerprint density at radius 1 is 1.25 bits per heavy atom. The Bertz CT molecular complexity index is 1290. The van der Waals surface area contributed by atoms with E-state index in [1.807, 2.05) is 12.1 Å². The number of thioether (sulfide) groups is 1. The molecule has 162 valence electrons. The highest BCUT2D eigenvalue weighted by atomic mass is 32.2. The highest BCUT2D eigenvalue weighted by molar-refractivity contribution is 7.99. The number of nitrogens with one attached hydrogen (secondary N) is 1. The van der Waals surface area contributed by atoms with Crippen molar-refractivity contribution in [2.75, 3.05) is 10.7 Å². The van der Waals surface area contributed by atoms with E-state index in [1.54, 1.807) is 52.1 Å². The number of hydrogen-bond donors (Lipinski definition) is 1. The molecule has 0 radical (unpaired) electrons. The van der Waals surface area contributed by atoms with E-state index in [0.29, 0.717) is 39.2 Å². The Balaban J connectivity index is 1.99. The standard InChI is InChI=1S/C23H20N4O4S/c1-4-12-32-23-24-21(30)20-18-10-5-6-11-19(18)26(14(2)28)22(27(20)25-23)16-8-7-9-17(13-16)31-15(3)29/h4-11,13,22H,1,12H2,2-3H3/p+1/t22-/m1/s1. The largest absolute Gasteiger partial charge is 0.427 e. The molecule has 0 spiro atoms. The zero-order valence-corrected chi connectivity index (χ0v) is 18.4. The van der Waals surface area contributed by atoms with Crippen LogP contribution in [-0.2, 0) is 9.59 Å². The van der Waals surface area contributed by atoms with Gasteiger partial charge in [0.05, 0.1) is 11.3 Å². The molecule has 1 aromatic heterocycles. The lowest BCUT2D eigenvalue weighted by atomic mass is 10.0. The van der Waals surface area contributed by atoms with Gasteiger partial charge in [-0.25, -0.2) is 4.90 Å². The van der Waals surface area contributed by atoms with E-state index in [2.05, 4.69) is 16.7 Å². The third kappa shape index (κ3) is 3.94. The van der Waals surface area contributed by atoms with Crippen molar-refractivity contribution < 1.29 is 19.0 Å².